The summed E-state index contributed by atoms with van der Waals surface area (Å²) in [5.74, 6) is 1.01. The molecule has 2 atom stereocenters. The predicted octanol–water partition coefficient (Wildman–Crippen LogP) is 2.37. The van der Waals surface area contributed by atoms with Gasteiger partial charge in [0.05, 0.1) is 11.1 Å². The first-order chi connectivity index (χ1) is 9.16. The van der Waals surface area contributed by atoms with Crippen molar-refractivity contribution in [2.24, 2.45) is 5.92 Å². The normalized spacial score (nSPS) is 20.0. The van der Waals surface area contributed by atoms with Gasteiger partial charge in [-0.1, -0.05) is 12.1 Å². The molecule has 1 aromatic rings. The van der Waals surface area contributed by atoms with Crippen LogP contribution < -0.4 is 10.1 Å². The van der Waals surface area contributed by atoms with Gasteiger partial charge in [-0.2, -0.15) is 0 Å². The van der Waals surface area contributed by atoms with E-state index in [0.29, 0.717) is 18.2 Å². The van der Waals surface area contributed by atoms with Crippen molar-refractivity contribution in [2.75, 3.05) is 19.8 Å². The SMILES string of the molecule is C[C@@H](Oc1ccccc1Br)C(=O)NC[C@@H]1CCOC1. The molecule has 2 rings (SSSR count). The number of nitrogens with one attached hydrogen (secondary N) is 1. The Bertz CT molecular complexity index is 432. The summed E-state index contributed by atoms with van der Waals surface area (Å²) in [6.45, 7) is 3.94. The number of hydrogen-bond acceptors (Lipinski definition) is 3. The predicted molar refractivity (Wildman–Crippen MR) is 76.2 cm³/mol. The van der Waals surface area contributed by atoms with Gasteiger partial charge >= 0.3 is 0 Å². The average molecular weight is 328 g/mol. The largest absolute Gasteiger partial charge is 0.480 e. The van der Waals surface area contributed by atoms with E-state index in [1.807, 2.05) is 24.3 Å². The third-order valence-corrected chi connectivity index (χ3v) is 3.75. The Morgan fingerprint density at radius 3 is 3.05 bits per heavy atom. The van der Waals surface area contributed by atoms with Crippen LogP contribution in [-0.4, -0.2) is 31.8 Å². The molecule has 1 aromatic carbocycles. The summed E-state index contributed by atoms with van der Waals surface area (Å²) in [5.41, 5.74) is 0. The molecule has 0 aromatic heterocycles. The van der Waals surface area contributed by atoms with Crippen LogP contribution in [0.1, 0.15) is 13.3 Å². The van der Waals surface area contributed by atoms with Gasteiger partial charge in [-0.05, 0) is 41.4 Å². The minimum Gasteiger partial charge on any atom is -0.480 e. The molecule has 0 spiro atoms. The number of hydrogen-bond donors (Lipinski definition) is 1. The van der Waals surface area contributed by atoms with Crippen LogP contribution in [0.3, 0.4) is 0 Å². The van der Waals surface area contributed by atoms with Gasteiger partial charge in [0, 0.05) is 19.1 Å². The topological polar surface area (TPSA) is 47.6 Å². The first kappa shape index (κ1) is 14.3. The molecule has 4 nitrogen and oxygen atoms in total. The Labute approximate surface area is 121 Å². The van der Waals surface area contributed by atoms with Gasteiger partial charge in [0.25, 0.3) is 5.91 Å². The maximum Gasteiger partial charge on any atom is 0.260 e. The number of benzene rings is 1. The van der Waals surface area contributed by atoms with Crippen LogP contribution in [0.15, 0.2) is 28.7 Å². The molecular formula is C14H18BrNO3. The molecule has 1 saturated heterocycles. The van der Waals surface area contributed by atoms with Crippen molar-refractivity contribution in [2.45, 2.75) is 19.4 Å². The second-order valence-corrected chi connectivity index (χ2v) is 5.52. The number of halogens is 1. The Balaban J connectivity index is 1.80. The lowest BCUT2D eigenvalue weighted by atomic mass is 10.1. The van der Waals surface area contributed by atoms with E-state index in [1.54, 1.807) is 6.92 Å². The average Bonchev–Trinajstić information content (AvgIpc) is 2.91. The van der Waals surface area contributed by atoms with Crippen LogP contribution in [0.2, 0.25) is 0 Å². The molecule has 1 N–H and O–H groups in total. The molecule has 0 unspecified atom stereocenters. The van der Waals surface area contributed by atoms with E-state index in [1.165, 1.54) is 0 Å². The molecule has 104 valence electrons. The molecule has 5 heteroatoms. The lowest BCUT2D eigenvalue weighted by Crippen LogP contribution is -2.39. The fourth-order valence-electron chi connectivity index (χ4n) is 1.92. The van der Waals surface area contributed by atoms with E-state index in [4.69, 9.17) is 9.47 Å². The first-order valence-corrected chi connectivity index (χ1v) is 7.22. The molecule has 1 amide bonds. The van der Waals surface area contributed by atoms with E-state index in [-0.39, 0.29) is 5.91 Å². The zero-order valence-corrected chi connectivity index (χ0v) is 12.5. The van der Waals surface area contributed by atoms with E-state index in [9.17, 15) is 4.79 Å². The summed E-state index contributed by atoms with van der Waals surface area (Å²) < 4.78 is 11.8. The molecule has 0 aliphatic carbocycles. The Hall–Kier alpha value is -1.07. The lowest BCUT2D eigenvalue weighted by Gasteiger charge is -2.16. The number of amides is 1. The monoisotopic (exact) mass is 327 g/mol. The molecule has 1 aliphatic heterocycles. The Kier molecular flexibility index (Phi) is 5.22. The maximum atomic E-state index is 11.9. The van der Waals surface area contributed by atoms with Gasteiger partial charge in [-0.15, -0.1) is 0 Å². The number of para-hydroxylation sites is 1. The van der Waals surface area contributed by atoms with E-state index in [2.05, 4.69) is 21.2 Å². The standard InChI is InChI=1S/C14H18BrNO3/c1-10(19-13-5-3-2-4-12(13)15)14(17)16-8-11-6-7-18-9-11/h2-5,10-11H,6-9H2,1H3,(H,16,17)/t10-,11+/m1/s1. The van der Waals surface area contributed by atoms with Crippen molar-refractivity contribution in [3.8, 4) is 5.75 Å². The van der Waals surface area contributed by atoms with Crippen molar-refractivity contribution in [3.63, 3.8) is 0 Å². The smallest absolute Gasteiger partial charge is 0.260 e. The van der Waals surface area contributed by atoms with Crippen LogP contribution in [-0.2, 0) is 9.53 Å². The van der Waals surface area contributed by atoms with Crippen LogP contribution in [0.5, 0.6) is 5.75 Å². The Morgan fingerprint density at radius 1 is 1.58 bits per heavy atom. The van der Waals surface area contributed by atoms with Crippen LogP contribution in [0.25, 0.3) is 0 Å². The van der Waals surface area contributed by atoms with Gasteiger partial charge < -0.3 is 14.8 Å². The molecule has 1 heterocycles. The van der Waals surface area contributed by atoms with E-state index >= 15 is 0 Å². The Morgan fingerprint density at radius 2 is 2.37 bits per heavy atom. The minimum atomic E-state index is -0.513. The van der Waals surface area contributed by atoms with E-state index < -0.39 is 6.10 Å². The molecular weight excluding hydrogens is 310 g/mol. The molecule has 1 aliphatic rings. The molecule has 0 bridgehead atoms. The highest BCUT2D eigenvalue weighted by atomic mass is 79.9. The fraction of sp³-hybridized carbons (Fsp3) is 0.500. The molecule has 1 fully saturated rings. The van der Waals surface area contributed by atoms with Crippen molar-refractivity contribution < 1.29 is 14.3 Å². The highest BCUT2D eigenvalue weighted by Gasteiger charge is 2.19. The number of carbonyl (C=O) groups is 1. The van der Waals surface area contributed by atoms with Gasteiger partial charge in [-0.25, -0.2) is 0 Å². The summed E-state index contributed by atoms with van der Waals surface area (Å²) in [6, 6.07) is 7.50. The third kappa shape index (κ3) is 4.21. The third-order valence-electron chi connectivity index (χ3n) is 3.10. The minimum absolute atomic E-state index is 0.0948. The highest BCUT2D eigenvalue weighted by Crippen LogP contribution is 2.24. The summed E-state index contributed by atoms with van der Waals surface area (Å²) in [6.07, 6.45) is 0.501. The molecule has 0 saturated carbocycles. The van der Waals surface area contributed by atoms with Crippen LogP contribution in [0, 0.1) is 5.92 Å². The summed E-state index contributed by atoms with van der Waals surface area (Å²) >= 11 is 3.39. The number of carbonyl (C=O) groups excluding carboxylic acids is 1. The number of ether oxygens (including phenoxy) is 2. The van der Waals surface area contributed by atoms with Crippen LogP contribution >= 0.6 is 15.9 Å². The summed E-state index contributed by atoms with van der Waals surface area (Å²) in [4.78, 5) is 11.9. The maximum absolute atomic E-state index is 11.9. The van der Waals surface area contributed by atoms with Crippen molar-refractivity contribution in [3.05, 3.63) is 28.7 Å². The fourth-order valence-corrected chi connectivity index (χ4v) is 2.30. The zero-order valence-electron chi connectivity index (χ0n) is 10.9. The highest BCUT2D eigenvalue weighted by molar-refractivity contribution is 9.10. The van der Waals surface area contributed by atoms with E-state index in [0.717, 1.165) is 24.1 Å². The molecule has 0 radical (unpaired) electrons. The van der Waals surface area contributed by atoms with Gasteiger partial charge in [-0.3, -0.25) is 4.79 Å². The number of rotatable bonds is 5. The van der Waals surface area contributed by atoms with Crippen LogP contribution in [0.4, 0.5) is 0 Å². The van der Waals surface area contributed by atoms with Crippen molar-refractivity contribution in [1.82, 2.24) is 5.32 Å². The molecule has 19 heavy (non-hydrogen) atoms. The summed E-state index contributed by atoms with van der Waals surface area (Å²) in [5, 5.41) is 2.90. The van der Waals surface area contributed by atoms with Crippen molar-refractivity contribution in [1.29, 1.82) is 0 Å². The van der Waals surface area contributed by atoms with Gasteiger partial charge in [0.1, 0.15) is 5.75 Å². The zero-order chi connectivity index (χ0) is 13.7. The van der Waals surface area contributed by atoms with Crippen molar-refractivity contribution >= 4 is 21.8 Å². The first-order valence-electron chi connectivity index (χ1n) is 6.43. The lowest BCUT2D eigenvalue weighted by molar-refractivity contribution is -0.127. The second kappa shape index (κ2) is 6.91. The van der Waals surface area contributed by atoms with Gasteiger partial charge in [0.2, 0.25) is 0 Å². The summed E-state index contributed by atoms with van der Waals surface area (Å²) in [7, 11) is 0. The quantitative estimate of drug-likeness (QED) is 0.903. The van der Waals surface area contributed by atoms with Gasteiger partial charge in [0.15, 0.2) is 6.10 Å². The second-order valence-electron chi connectivity index (χ2n) is 4.67.